The van der Waals surface area contributed by atoms with E-state index in [1.54, 1.807) is 202 Å². The summed E-state index contributed by atoms with van der Waals surface area (Å²) in [5.74, 6) is 1.86. The van der Waals surface area contributed by atoms with E-state index in [-0.39, 0.29) is 147 Å². The number of amides is 4. The number of nitrogens with zero attached hydrogens (tertiary/aromatic N) is 20. The van der Waals surface area contributed by atoms with Gasteiger partial charge in [-0.15, -0.1) is 0 Å². The summed E-state index contributed by atoms with van der Waals surface area (Å²) < 4.78 is 22.3. The van der Waals surface area contributed by atoms with E-state index < -0.39 is 23.4 Å². The molecule has 19 rings (SSSR count). The minimum atomic E-state index is -0.714. The number of aryl methyl sites for hydroxylation is 5. The predicted octanol–water partition coefficient (Wildman–Crippen LogP) is 17.8. The number of nitrogen functional groups attached to an aromatic ring is 3. The Morgan fingerprint density at radius 1 is 0.446 bits per heavy atom. The van der Waals surface area contributed by atoms with Crippen LogP contribution in [0.25, 0.3) is 39.7 Å². The van der Waals surface area contributed by atoms with Crippen LogP contribution in [0.15, 0.2) is 249 Å². The quantitative estimate of drug-likeness (QED) is 0.0284. The van der Waals surface area contributed by atoms with Crippen LogP contribution in [0, 0.1) is 40.5 Å². The average molecular weight is 2110 g/mol. The Morgan fingerprint density at radius 3 is 1.16 bits per heavy atom. The van der Waals surface area contributed by atoms with Gasteiger partial charge in [0.05, 0.1) is 88.8 Å². The lowest BCUT2D eigenvalue weighted by molar-refractivity contribution is 0.0577. The molecule has 0 unspecified atom stereocenters. The van der Waals surface area contributed by atoms with E-state index in [0.29, 0.717) is 75.0 Å². The van der Waals surface area contributed by atoms with Gasteiger partial charge < -0.3 is 58.2 Å². The zero-order valence-corrected chi connectivity index (χ0v) is 82.6. The number of carbonyl (C=O) groups excluding carboxylic acids is 5. The van der Waals surface area contributed by atoms with Gasteiger partial charge in [-0.3, -0.25) is 91.3 Å². The van der Waals surface area contributed by atoms with E-state index in [0.717, 1.165) is 82.8 Å². The molecular weight excluding hydrogens is 1970 g/mol. The van der Waals surface area contributed by atoms with Crippen molar-refractivity contribution < 1.29 is 33.4 Å². The lowest BCUT2D eigenvalue weighted by atomic mass is 10.1. The van der Waals surface area contributed by atoms with Crippen LogP contribution in [0.1, 0.15) is 191 Å². The Balaban J connectivity index is 0.000000246. The third-order valence-electron chi connectivity index (χ3n) is 21.2. The predicted molar refractivity (Wildman–Crippen MR) is 588 cm³/mol. The molecule has 3 fully saturated rings. The van der Waals surface area contributed by atoms with E-state index in [1.165, 1.54) is 61.8 Å². The van der Waals surface area contributed by atoms with E-state index >= 15 is 0 Å². The molecule has 3 saturated carbocycles. The van der Waals surface area contributed by atoms with Crippen molar-refractivity contribution in [1.29, 1.82) is 0 Å². The third kappa shape index (κ3) is 31.3. The topological polar surface area (TPSA) is 524 Å². The molecule has 16 heterocycles. The van der Waals surface area contributed by atoms with Crippen molar-refractivity contribution in [3.8, 4) is 22.7 Å². The lowest BCUT2D eigenvalue weighted by Crippen LogP contribution is -2.35. The van der Waals surface area contributed by atoms with Gasteiger partial charge in [0.1, 0.15) is 67.9 Å². The maximum absolute atomic E-state index is 13.3. The molecule has 0 spiro atoms. The molecule has 0 atom stereocenters. The van der Waals surface area contributed by atoms with Crippen molar-refractivity contribution in [3.63, 3.8) is 0 Å². The van der Waals surface area contributed by atoms with Crippen LogP contribution in [0.4, 0.5) is 67.1 Å². The Bertz CT molecular complexity index is 7470. The molecule has 16 aromatic rings. The third-order valence-corrected chi connectivity index (χ3v) is 21.9. The van der Waals surface area contributed by atoms with Gasteiger partial charge in [-0.25, -0.2) is 24.5 Å². The van der Waals surface area contributed by atoms with Crippen LogP contribution >= 0.6 is 27.5 Å². The maximum atomic E-state index is 13.3. The van der Waals surface area contributed by atoms with Crippen LogP contribution in [-0.4, -0.2) is 166 Å². The molecule has 0 radical (unpaired) electrons. The number of Topliss-reactive ketones (excluding diaryl/α,β-unsaturated/α-hetero) is 1. The molecule has 43 heteroatoms. The number of hydrogen-bond donors (Lipinski definition) is 9. The number of H-pyrrole nitrogens is 1. The van der Waals surface area contributed by atoms with Crippen LogP contribution in [-0.2, 0) is 9.47 Å². The molecule has 0 saturated heterocycles. The van der Waals surface area contributed by atoms with Gasteiger partial charge >= 0.3 is 12.2 Å². The highest BCUT2D eigenvalue weighted by atomic mass is 79.9. The number of aromatic nitrogens is 19. The monoisotopic (exact) mass is 2100 g/mol. The van der Waals surface area contributed by atoms with Crippen LogP contribution in [0.2, 0.25) is 5.15 Å². The van der Waals surface area contributed by atoms with Crippen molar-refractivity contribution in [2.75, 3.05) is 64.1 Å². The Labute approximate surface area is 871 Å². The lowest BCUT2D eigenvalue weighted by Gasteiger charge is -2.25. The number of ketones is 1. The molecule has 12 N–H and O–H groups in total. The summed E-state index contributed by atoms with van der Waals surface area (Å²) >= 11 is 9.38. The molecule has 3 aliphatic rings. The highest BCUT2D eigenvalue weighted by Gasteiger charge is 2.33. The molecular formula is C105H131BrClN29O12. The number of anilines is 10. The summed E-state index contributed by atoms with van der Waals surface area (Å²) in [6.45, 7) is 20.2. The number of halogens is 2. The number of nitrogens with one attached hydrogen (secondary N) is 6. The van der Waals surface area contributed by atoms with Gasteiger partial charge in [-0.1, -0.05) is 56.2 Å². The minimum Gasteiger partial charge on any atom is -0.443 e. The summed E-state index contributed by atoms with van der Waals surface area (Å²) in [4.78, 5) is 163. The zero-order valence-electron chi connectivity index (χ0n) is 80.3. The Hall–Kier alpha value is -16.9. The van der Waals surface area contributed by atoms with Crippen molar-refractivity contribution in [3.05, 3.63) is 327 Å². The number of hydrogen-bond acceptors (Lipinski definition) is 29. The smallest absolute Gasteiger partial charge is 0.415 e. The van der Waals surface area contributed by atoms with E-state index in [2.05, 4.69) is 103 Å². The highest BCUT2D eigenvalue weighted by Crippen LogP contribution is 2.35. The largest absolute Gasteiger partial charge is 0.443 e. The van der Waals surface area contributed by atoms with E-state index in [4.69, 9.17) is 38.3 Å². The molecule has 782 valence electrons. The van der Waals surface area contributed by atoms with Crippen molar-refractivity contribution in [2.45, 2.75) is 189 Å². The molecule has 16 aromatic heterocycles. The fraction of sp³-hybridized carbons (Fsp3) is 0.305. The number of aromatic amines is 1. The Kier molecular flexibility index (Phi) is 41.5. The van der Waals surface area contributed by atoms with E-state index in [9.17, 15) is 47.9 Å². The first-order valence-electron chi connectivity index (χ1n) is 44.9. The second-order valence-electron chi connectivity index (χ2n) is 35.2. The van der Waals surface area contributed by atoms with Crippen LogP contribution < -0.4 is 81.4 Å². The van der Waals surface area contributed by atoms with Crippen molar-refractivity contribution in [1.82, 2.24) is 103 Å². The molecule has 0 aliphatic heterocycles. The molecule has 3 aliphatic carbocycles. The number of nitrogens with two attached hydrogens (primary N) is 3. The second-order valence-corrected chi connectivity index (χ2v) is 36.5. The first-order valence-corrected chi connectivity index (χ1v) is 46.0. The normalized spacial score (nSPS) is 11.9. The van der Waals surface area contributed by atoms with Gasteiger partial charge in [0.2, 0.25) is 0 Å². The fourth-order valence-corrected chi connectivity index (χ4v) is 13.6. The summed E-state index contributed by atoms with van der Waals surface area (Å²) in [7, 11) is 4.86. The second kappa shape index (κ2) is 52.0. The average Bonchev–Trinajstić information content (AvgIpc) is 1.67. The van der Waals surface area contributed by atoms with Gasteiger partial charge in [0.15, 0.2) is 22.7 Å². The van der Waals surface area contributed by atoms with Crippen LogP contribution in [0.5, 0.6) is 0 Å². The number of rotatable bonds is 18. The molecule has 0 aromatic carbocycles. The van der Waals surface area contributed by atoms with Crippen molar-refractivity contribution >= 4 is 132 Å². The summed E-state index contributed by atoms with van der Waals surface area (Å²) in [5.41, 5.74) is 24.3. The van der Waals surface area contributed by atoms with Gasteiger partial charge in [0.25, 0.3) is 39.6 Å². The number of fused-ring (bicyclic) bond motifs is 3. The summed E-state index contributed by atoms with van der Waals surface area (Å²) in [5, 5.41) is 28.1. The Morgan fingerprint density at radius 2 is 0.804 bits per heavy atom. The minimum absolute atomic E-state index is 0. The number of ether oxygens (including phenoxy) is 2. The first-order chi connectivity index (χ1) is 67.6. The van der Waals surface area contributed by atoms with Gasteiger partial charge in [0, 0.05) is 128 Å². The molecule has 41 nitrogen and oxygen atoms in total. The standard InChI is InChI=1S/C28H31N7O4.C22H22N8O2.C16H20ClN5O3.2C11H11N3O.C6H6BrN.C5H6N2O.6CH4/c1-17-8-11-19(15-29-17)34-12-6-7-21(26(34)37)31-23-14-24(33(5)27(38)39-28(2,3)4)35-25(32-23)20(16-30-35)22(36)13-18-9-10-18;1-13-5-8-15(11-24-13)29-9-3-4-17(22(29)32)27-18-10-19(23-2)30-20(28-18)16(12-25-30)21(31)26-14-6-7-14;1-16(2,3)25-15(24)21(4)12-7-11(17)20-13-10(8-18-22(12)13)14(23)19-9-5-6-9;2*1-8-4-5-9(7-13-8)14-6-2-3-10(12)11(14)15;1-5-2-3-6(7)4-8-5;6-4-2-1-3-7-5(4)8;;;;;;/h6-8,11-12,14-16,18H,9-10,13H2,1-5H3,(H,31,32);3-5,8-12,14,23H,6-7H2,1-2H3,(H,26,31)(H,27,28);7-9H,5-6H2,1-4H3,(H,19,23);2*2-7H,12H2,1H3;2-4H,1H3;1-3H,6H2,(H,7,8);6*1H4. The van der Waals surface area contributed by atoms with Crippen molar-refractivity contribution in [2.24, 2.45) is 5.92 Å². The molecule has 4 amide bonds. The number of carbonyl (C=O) groups is 5. The SMILES string of the molecule is C.C.C.C.C.C.CN(C(=O)OC(C)(C)C)c1cc(Cl)nc2c(C(=O)NC3CC3)cnn12.CNc1cc(Nc2cccn(-c3ccc(C)nc3)c2=O)nc2c(C(=O)NC3CC3)cnn12.Cc1ccc(-n2cccc(N)c2=O)cn1.Cc1ccc(-n2cccc(N)c2=O)cn1.Cc1ccc(-n2cccc(Nc3cc(N(C)C(=O)OC(C)(C)C)n4ncc(C(=O)CC5CC5)c4n3)c2=O)cn1.Cc1ccc(Br)cn1.Nc1ccc[nH]c1=O. The number of pyridine rings is 10. The van der Waals surface area contributed by atoms with E-state index in [1.807, 2.05) is 95.3 Å². The van der Waals surface area contributed by atoms with Crippen LogP contribution in [0.3, 0.4) is 0 Å². The van der Waals surface area contributed by atoms with Gasteiger partial charge in [-0.05, 0) is 258 Å². The highest BCUT2D eigenvalue weighted by molar-refractivity contribution is 9.10. The fourth-order valence-electron chi connectivity index (χ4n) is 13.2. The van der Waals surface area contributed by atoms with Gasteiger partial charge in [-0.2, -0.15) is 28.8 Å². The molecule has 0 bridgehead atoms. The summed E-state index contributed by atoms with van der Waals surface area (Å²) in [6, 6.07) is 40.6. The molecule has 148 heavy (non-hydrogen) atoms. The first kappa shape index (κ1) is 118. The summed E-state index contributed by atoms with van der Waals surface area (Å²) in [6.07, 6.45) is 26.3. The zero-order chi connectivity index (χ0) is 102. The maximum Gasteiger partial charge on any atom is 0.415 e.